The van der Waals surface area contributed by atoms with Gasteiger partial charge in [-0.05, 0) is 24.3 Å². The van der Waals surface area contributed by atoms with Gasteiger partial charge in [0, 0.05) is 7.05 Å². The van der Waals surface area contributed by atoms with Crippen molar-refractivity contribution in [2.45, 2.75) is 6.18 Å². The van der Waals surface area contributed by atoms with Crippen molar-refractivity contribution in [3.63, 3.8) is 0 Å². The lowest BCUT2D eigenvalue weighted by atomic mass is 10.1. The number of rotatable bonds is 6. The maximum Gasteiger partial charge on any atom is 0.418 e. The van der Waals surface area contributed by atoms with Crippen LogP contribution >= 0.6 is 0 Å². The van der Waals surface area contributed by atoms with E-state index in [-0.39, 0.29) is 17.1 Å². The molecule has 0 spiro atoms. The van der Waals surface area contributed by atoms with Crippen molar-refractivity contribution in [2.75, 3.05) is 24.4 Å². The van der Waals surface area contributed by atoms with Crippen LogP contribution in [-0.4, -0.2) is 35.0 Å². The molecule has 32 heavy (non-hydrogen) atoms. The standard InChI is InChI=1S/C20H16F3N5O4/c1-27(15-10-6-3-7-12(15)19(29)32-2)18-16(28(30)31)17(24-11-25-18)26-14-9-5-4-8-13(14)20(21,22)23/h3-11H,1-2H3,(H,24,25,26). The number of methoxy groups -OCH3 is 1. The van der Waals surface area contributed by atoms with Crippen LogP contribution in [0.1, 0.15) is 15.9 Å². The number of nitrogens with one attached hydrogen (secondary N) is 1. The highest BCUT2D eigenvalue weighted by Gasteiger charge is 2.35. The zero-order valence-corrected chi connectivity index (χ0v) is 16.8. The number of hydrogen-bond acceptors (Lipinski definition) is 8. The third kappa shape index (κ3) is 4.43. The maximum atomic E-state index is 13.3. The van der Waals surface area contributed by atoms with Crippen molar-refractivity contribution in [3.05, 3.63) is 76.1 Å². The van der Waals surface area contributed by atoms with E-state index >= 15 is 0 Å². The summed E-state index contributed by atoms with van der Waals surface area (Å²) >= 11 is 0. The molecule has 0 unspecified atom stereocenters. The van der Waals surface area contributed by atoms with E-state index in [9.17, 15) is 28.1 Å². The molecule has 0 radical (unpaired) electrons. The van der Waals surface area contributed by atoms with Gasteiger partial charge in [0.1, 0.15) is 6.33 Å². The van der Waals surface area contributed by atoms with Gasteiger partial charge < -0.3 is 15.0 Å². The molecule has 2 aromatic carbocycles. The molecule has 3 rings (SSSR count). The van der Waals surface area contributed by atoms with Crippen LogP contribution < -0.4 is 10.2 Å². The normalized spacial score (nSPS) is 11.0. The fourth-order valence-electron chi connectivity index (χ4n) is 3.00. The number of aromatic nitrogens is 2. The van der Waals surface area contributed by atoms with Gasteiger partial charge in [0.15, 0.2) is 0 Å². The lowest BCUT2D eigenvalue weighted by molar-refractivity contribution is -0.383. The summed E-state index contributed by atoms with van der Waals surface area (Å²) in [7, 11) is 2.61. The Morgan fingerprint density at radius 3 is 2.44 bits per heavy atom. The molecule has 1 heterocycles. The highest BCUT2D eigenvalue weighted by molar-refractivity contribution is 5.97. The van der Waals surface area contributed by atoms with Crippen LogP contribution in [0, 0.1) is 10.1 Å². The first-order chi connectivity index (χ1) is 15.1. The van der Waals surface area contributed by atoms with E-state index < -0.39 is 39.8 Å². The molecule has 0 saturated heterocycles. The van der Waals surface area contributed by atoms with Crippen molar-refractivity contribution >= 4 is 34.7 Å². The van der Waals surface area contributed by atoms with E-state index in [1.165, 1.54) is 43.3 Å². The van der Waals surface area contributed by atoms with Crippen molar-refractivity contribution < 1.29 is 27.6 Å². The average molecular weight is 447 g/mol. The number of benzene rings is 2. The Kier molecular flexibility index (Phi) is 6.23. The Morgan fingerprint density at radius 1 is 1.12 bits per heavy atom. The van der Waals surface area contributed by atoms with Crippen LogP contribution in [-0.2, 0) is 10.9 Å². The van der Waals surface area contributed by atoms with Crippen molar-refractivity contribution in [1.82, 2.24) is 9.97 Å². The van der Waals surface area contributed by atoms with Gasteiger partial charge >= 0.3 is 17.8 Å². The van der Waals surface area contributed by atoms with E-state index in [1.807, 2.05) is 0 Å². The number of nitrogens with zero attached hydrogens (tertiary/aromatic N) is 4. The molecule has 1 aromatic heterocycles. The molecule has 0 aliphatic heterocycles. The average Bonchev–Trinajstić information content (AvgIpc) is 2.77. The van der Waals surface area contributed by atoms with Gasteiger partial charge in [0.05, 0.1) is 34.5 Å². The van der Waals surface area contributed by atoms with Gasteiger partial charge in [-0.25, -0.2) is 14.8 Å². The van der Waals surface area contributed by atoms with E-state index in [0.717, 1.165) is 18.5 Å². The summed E-state index contributed by atoms with van der Waals surface area (Å²) in [6, 6.07) is 10.7. The Balaban J connectivity index is 2.12. The number of para-hydroxylation sites is 2. The van der Waals surface area contributed by atoms with Gasteiger partial charge in [-0.1, -0.05) is 24.3 Å². The summed E-state index contributed by atoms with van der Waals surface area (Å²) in [4.78, 5) is 32.1. The molecule has 3 aromatic rings. The predicted octanol–water partition coefficient (Wildman–Crippen LogP) is 4.70. The number of anilines is 4. The van der Waals surface area contributed by atoms with Gasteiger partial charge in [-0.15, -0.1) is 0 Å². The number of nitro groups is 1. The largest absolute Gasteiger partial charge is 0.465 e. The van der Waals surface area contributed by atoms with Crippen LogP contribution in [0.3, 0.4) is 0 Å². The number of hydrogen-bond donors (Lipinski definition) is 1. The highest BCUT2D eigenvalue weighted by atomic mass is 19.4. The predicted molar refractivity (Wildman–Crippen MR) is 109 cm³/mol. The second kappa shape index (κ2) is 8.88. The van der Waals surface area contributed by atoms with Gasteiger partial charge in [-0.2, -0.15) is 13.2 Å². The molecule has 166 valence electrons. The summed E-state index contributed by atoms with van der Waals surface area (Å²) in [6.07, 6.45) is -3.72. The Hall–Kier alpha value is -4.22. The molecular weight excluding hydrogens is 431 g/mol. The minimum absolute atomic E-state index is 0.113. The van der Waals surface area contributed by atoms with Crippen LogP contribution in [0.4, 0.5) is 41.9 Å². The molecule has 0 fully saturated rings. The summed E-state index contributed by atoms with van der Waals surface area (Å²) < 4.78 is 44.7. The molecule has 0 bridgehead atoms. The van der Waals surface area contributed by atoms with Crippen LogP contribution in [0.25, 0.3) is 0 Å². The number of esters is 1. The van der Waals surface area contributed by atoms with E-state index in [4.69, 9.17) is 4.74 Å². The van der Waals surface area contributed by atoms with Crippen molar-refractivity contribution in [3.8, 4) is 0 Å². The molecular formula is C20H16F3N5O4. The first-order valence-corrected chi connectivity index (χ1v) is 8.98. The molecule has 12 heteroatoms. The third-order valence-electron chi connectivity index (χ3n) is 4.46. The van der Waals surface area contributed by atoms with Crippen LogP contribution in [0.5, 0.6) is 0 Å². The molecule has 0 atom stereocenters. The fourth-order valence-corrected chi connectivity index (χ4v) is 3.00. The second-order valence-electron chi connectivity index (χ2n) is 6.39. The van der Waals surface area contributed by atoms with E-state index in [2.05, 4.69) is 15.3 Å². The van der Waals surface area contributed by atoms with Crippen LogP contribution in [0.15, 0.2) is 54.9 Å². The number of carbonyl (C=O) groups is 1. The minimum Gasteiger partial charge on any atom is -0.465 e. The number of ether oxygens (including phenoxy) is 1. The van der Waals surface area contributed by atoms with Gasteiger partial charge in [0.2, 0.25) is 11.6 Å². The van der Waals surface area contributed by atoms with Crippen LogP contribution in [0.2, 0.25) is 0 Å². The lowest BCUT2D eigenvalue weighted by Gasteiger charge is -2.21. The SMILES string of the molecule is COC(=O)c1ccccc1N(C)c1ncnc(Nc2ccccc2C(F)(F)F)c1[N+](=O)[O-]. The molecule has 1 N–H and O–H groups in total. The Labute approximate surface area is 179 Å². The second-order valence-corrected chi connectivity index (χ2v) is 6.39. The Morgan fingerprint density at radius 2 is 1.78 bits per heavy atom. The summed E-state index contributed by atoms with van der Waals surface area (Å²) in [5.41, 5.74) is -1.75. The summed E-state index contributed by atoms with van der Waals surface area (Å²) in [5, 5.41) is 14.3. The first kappa shape index (κ1) is 22.5. The smallest absolute Gasteiger partial charge is 0.418 e. The molecule has 0 aliphatic rings. The van der Waals surface area contributed by atoms with Gasteiger partial charge in [0.25, 0.3) is 0 Å². The fraction of sp³-hybridized carbons (Fsp3) is 0.150. The zero-order valence-electron chi connectivity index (χ0n) is 16.8. The summed E-state index contributed by atoms with van der Waals surface area (Å²) in [6.45, 7) is 0. The number of halogens is 3. The lowest BCUT2D eigenvalue weighted by Crippen LogP contribution is -2.18. The molecule has 0 aliphatic carbocycles. The third-order valence-corrected chi connectivity index (χ3v) is 4.46. The number of alkyl halides is 3. The monoisotopic (exact) mass is 447 g/mol. The highest BCUT2D eigenvalue weighted by Crippen LogP contribution is 2.40. The van der Waals surface area contributed by atoms with Gasteiger partial charge in [-0.3, -0.25) is 10.1 Å². The van der Waals surface area contributed by atoms with E-state index in [1.54, 1.807) is 12.1 Å². The number of carbonyl (C=O) groups excluding carboxylic acids is 1. The van der Waals surface area contributed by atoms with Crippen molar-refractivity contribution in [2.24, 2.45) is 0 Å². The quantitative estimate of drug-likeness (QED) is 0.329. The molecule has 9 nitrogen and oxygen atoms in total. The minimum atomic E-state index is -4.69. The zero-order chi connectivity index (χ0) is 23.5. The Bertz CT molecular complexity index is 1170. The molecule has 0 amide bonds. The maximum absolute atomic E-state index is 13.3. The molecule has 0 saturated carbocycles. The van der Waals surface area contributed by atoms with Crippen molar-refractivity contribution in [1.29, 1.82) is 0 Å². The first-order valence-electron chi connectivity index (χ1n) is 8.98. The topological polar surface area (TPSA) is 110 Å². The van der Waals surface area contributed by atoms with E-state index in [0.29, 0.717) is 0 Å². The summed E-state index contributed by atoms with van der Waals surface area (Å²) in [5.74, 6) is -1.37.